The summed E-state index contributed by atoms with van der Waals surface area (Å²) in [4.78, 5) is 7.00. The molecule has 1 aromatic heterocycles. The quantitative estimate of drug-likeness (QED) is 0.812. The van der Waals surface area contributed by atoms with E-state index in [9.17, 15) is 0 Å². The maximum absolute atomic E-state index is 4.61. The lowest BCUT2D eigenvalue weighted by molar-refractivity contribution is 0.680. The van der Waals surface area contributed by atoms with Gasteiger partial charge in [0.1, 0.15) is 5.82 Å². The monoisotopic (exact) mass is 264 g/mol. The van der Waals surface area contributed by atoms with Gasteiger partial charge in [-0.15, -0.1) is 0 Å². The van der Waals surface area contributed by atoms with E-state index in [0.29, 0.717) is 0 Å². The second kappa shape index (κ2) is 5.91. The van der Waals surface area contributed by atoms with Gasteiger partial charge in [0.2, 0.25) is 0 Å². The summed E-state index contributed by atoms with van der Waals surface area (Å²) in [6.07, 6.45) is 4.59. The van der Waals surface area contributed by atoms with Crippen LogP contribution in [0.15, 0.2) is 54.1 Å². The van der Waals surface area contributed by atoms with E-state index in [-0.39, 0.29) is 0 Å². The van der Waals surface area contributed by atoms with Crippen molar-refractivity contribution in [3.63, 3.8) is 0 Å². The van der Waals surface area contributed by atoms with Gasteiger partial charge in [-0.05, 0) is 37.5 Å². The highest BCUT2D eigenvalue weighted by atomic mass is 15.2. The first-order chi connectivity index (χ1) is 9.81. The molecular formula is C18H20N2. The second-order valence-electron chi connectivity index (χ2n) is 5.34. The molecule has 1 aliphatic rings. The number of piperidine rings is 1. The zero-order valence-corrected chi connectivity index (χ0v) is 11.9. The summed E-state index contributed by atoms with van der Waals surface area (Å²) in [7, 11) is 0. The highest BCUT2D eigenvalue weighted by Gasteiger charge is 2.15. The Hall–Kier alpha value is -2.09. The molecule has 0 aliphatic carbocycles. The van der Waals surface area contributed by atoms with E-state index in [0.717, 1.165) is 37.4 Å². The van der Waals surface area contributed by atoms with Crippen LogP contribution in [-0.4, -0.2) is 18.1 Å². The number of hydrogen-bond donors (Lipinski definition) is 0. The Kier molecular flexibility index (Phi) is 3.82. The van der Waals surface area contributed by atoms with Gasteiger partial charge in [0.15, 0.2) is 0 Å². The van der Waals surface area contributed by atoms with Crippen molar-refractivity contribution in [3.05, 3.63) is 65.4 Å². The highest BCUT2D eigenvalue weighted by molar-refractivity contribution is 5.54. The molecule has 0 unspecified atom stereocenters. The first-order valence-corrected chi connectivity index (χ1v) is 7.24. The van der Waals surface area contributed by atoms with Gasteiger partial charge in [0.25, 0.3) is 0 Å². The van der Waals surface area contributed by atoms with Gasteiger partial charge in [0, 0.05) is 18.8 Å². The summed E-state index contributed by atoms with van der Waals surface area (Å²) in [5.41, 5.74) is 3.94. The van der Waals surface area contributed by atoms with E-state index < -0.39 is 0 Å². The van der Waals surface area contributed by atoms with Gasteiger partial charge in [0.05, 0.1) is 0 Å². The normalized spacial score (nSPS) is 15.2. The zero-order chi connectivity index (χ0) is 13.8. The van der Waals surface area contributed by atoms with Crippen LogP contribution in [0.25, 0.3) is 6.08 Å². The van der Waals surface area contributed by atoms with E-state index in [4.69, 9.17) is 0 Å². The predicted octanol–water partition coefficient (Wildman–Crippen LogP) is 4.07. The number of rotatable bonds is 2. The molecule has 0 N–H and O–H groups in total. The van der Waals surface area contributed by atoms with Crippen LogP contribution in [-0.2, 0) is 0 Å². The number of aromatic nitrogens is 1. The minimum atomic E-state index is 1.06. The Labute approximate surface area is 120 Å². The minimum absolute atomic E-state index is 1.06. The maximum atomic E-state index is 4.61. The molecule has 2 aromatic rings. The van der Waals surface area contributed by atoms with Gasteiger partial charge >= 0.3 is 0 Å². The van der Waals surface area contributed by atoms with Crippen molar-refractivity contribution in [3.8, 4) is 0 Å². The largest absolute Gasteiger partial charge is 0.356 e. The summed E-state index contributed by atoms with van der Waals surface area (Å²) >= 11 is 0. The van der Waals surface area contributed by atoms with E-state index in [1.165, 1.54) is 5.56 Å². The van der Waals surface area contributed by atoms with Crippen molar-refractivity contribution in [1.29, 1.82) is 0 Å². The van der Waals surface area contributed by atoms with Gasteiger partial charge in [-0.2, -0.15) is 0 Å². The van der Waals surface area contributed by atoms with Crippen molar-refractivity contribution in [2.75, 3.05) is 18.0 Å². The summed E-state index contributed by atoms with van der Waals surface area (Å²) in [5, 5.41) is 0. The first kappa shape index (κ1) is 12.9. The minimum Gasteiger partial charge on any atom is -0.356 e. The van der Waals surface area contributed by atoms with Gasteiger partial charge < -0.3 is 4.90 Å². The smallest absolute Gasteiger partial charge is 0.128 e. The average molecular weight is 264 g/mol. The Bertz CT molecular complexity index is 592. The van der Waals surface area contributed by atoms with Gasteiger partial charge in [-0.25, -0.2) is 4.98 Å². The maximum Gasteiger partial charge on any atom is 0.128 e. The molecule has 3 rings (SSSR count). The van der Waals surface area contributed by atoms with E-state index in [1.54, 1.807) is 5.57 Å². The molecule has 1 saturated heterocycles. The van der Waals surface area contributed by atoms with E-state index >= 15 is 0 Å². The molecule has 102 valence electrons. The van der Waals surface area contributed by atoms with Crippen LogP contribution in [0.1, 0.15) is 24.1 Å². The number of nitrogens with zero attached hydrogens (tertiary/aromatic N) is 2. The third-order valence-electron chi connectivity index (χ3n) is 3.77. The van der Waals surface area contributed by atoms with Gasteiger partial charge in [-0.3, -0.25) is 0 Å². The molecule has 0 saturated carbocycles. The molecule has 1 aromatic carbocycles. The third kappa shape index (κ3) is 3.08. The lowest BCUT2D eigenvalue weighted by atomic mass is 10.0. The van der Waals surface area contributed by atoms with Crippen LogP contribution in [0.4, 0.5) is 5.82 Å². The van der Waals surface area contributed by atoms with E-state index in [2.05, 4.69) is 58.4 Å². The van der Waals surface area contributed by atoms with Crippen molar-refractivity contribution in [2.45, 2.75) is 19.8 Å². The third-order valence-corrected chi connectivity index (χ3v) is 3.77. The molecule has 0 spiro atoms. The van der Waals surface area contributed by atoms with Crippen molar-refractivity contribution < 1.29 is 0 Å². The zero-order valence-electron chi connectivity index (χ0n) is 11.9. The molecule has 0 amide bonds. The fraction of sp³-hybridized carbons (Fsp3) is 0.278. The van der Waals surface area contributed by atoms with Crippen molar-refractivity contribution in [2.24, 2.45) is 0 Å². The van der Waals surface area contributed by atoms with Crippen LogP contribution >= 0.6 is 0 Å². The molecule has 2 nitrogen and oxygen atoms in total. The number of pyridine rings is 1. The van der Waals surface area contributed by atoms with E-state index in [1.807, 2.05) is 13.0 Å². The molecule has 20 heavy (non-hydrogen) atoms. The molecule has 1 aliphatic heterocycles. The summed E-state index contributed by atoms with van der Waals surface area (Å²) in [6, 6.07) is 16.8. The second-order valence-corrected chi connectivity index (χ2v) is 5.34. The number of benzene rings is 1. The summed E-state index contributed by atoms with van der Waals surface area (Å²) < 4.78 is 0. The van der Waals surface area contributed by atoms with Crippen molar-refractivity contribution in [1.82, 2.24) is 4.98 Å². The van der Waals surface area contributed by atoms with Crippen LogP contribution in [0.2, 0.25) is 0 Å². The molecule has 0 atom stereocenters. The number of aryl methyl sites for hydroxylation is 1. The molecular weight excluding hydrogens is 244 g/mol. The van der Waals surface area contributed by atoms with Crippen LogP contribution < -0.4 is 4.90 Å². The standard InChI is InChI=1S/C18H20N2/c1-15-6-5-9-18(19-15)20-12-10-17(11-13-20)14-16-7-3-2-4-8-16/h2-9,14H,10-13H2,1H3. The SMILES string of the molecule is Cc1cccc(N2CCC(=Cc3ccccc3)CC2)n1. The number of hydrogen-bond acceptors (Lipinski definition) is 2. The molecule has 2 heterocycles. The lowest BCUT2D eigenvalue weighted by Crippen LogP contribution is -2.31. The molecule has 1 fully saturated rings. The van der Waals surface area contributed by atoms with Gasteiger partial charge in [-0.1, -0.05) is 48.0 Å². The first-order valence-electron chi connectivity index (χ1n) is 7.24. The molecule has 0 radical (unpaired) electrons. The Morgan fingerprint density at radius 3 is 2.40 bits per heavy atom. The topological polar surface area (TPSA) is 16.1 Å². The van der Waals surface area contributed by atoms with Crippen LogP contribution in [0.5, 0.6) is 0 Å². The fourth-order valence-corrected chi connectivity index (χ4v) is 2.66. The van der Waals surface area contributed by atoms with Crippen molar-refractivity contribution >= 4 is 11.9 Å². The Morgan fingerprint density at radius 2 is 1.70 bits per heavy atom. The molecule has 0 bridgehead atoms. The number of anilines is 1. The summed E-state index contributed by atoms with van der Waals surface area (Å²) in [5.74, 6) is 1.11. The Morgan fingerprint density at radius 1 is 0.950 bits per heavy atom. The predicted molar refractivity (Wildman–Crippen MR) is 84.8 cm³/mol. The van der Waals surface area contributed by atoms with Crippen LogP contribution in [0, 0.1) is 6.92 Å². The highest BCUT2D eigenvalue weighted by Crippen LogP contribution is 2.23. The lowest BCUT2D eigenvalue weighted by Gasteiger charge is -2.29. The average Bonchev–Trinajstić information content (AvgIpc) is 2.49. The van der Waals surface area contributed by atoms with Crippen LogP contribution in [0.3, 0.4) is 0 Å². The molecule has 2 heteroatoms. The Balaban J connectivity index is 1.67. The fourth-order valence-electron chi connectivity index (χ4n) is 2.66. The summed E-state index contributed by atoms with van der Waals surface area (Å²) in [6.45, 7) is 4.18.